The lowest BCUT2D eigenvalue weighted by Crippen LogP contribution is -2.10. The number of hydrogen-bond donors (Lipinski definition) is 1. The quantitative estimate of drug-likeness (QED) is 0.505. The minimum absolute atomic E-state index is 0.207. The van der Waals surface area contributed by atoms with E-state index in [1.54, 1.807) is 0 Å². The third kappa shape index (κ3) is 1.53. The predicted molar refractivity (Wildman–Crippen MR) is 48.1 cm³/mol. The van der Waals surface area contributed by atoms with Crippen molar-refractivity contribution in [3.8, 4) is 0 Å². The summed E-state index contributed by atoms with van der Waals surface area (Å²) in [7, 11) is 0. The number of halogens is 1. The molecule has 0 aromatic heterocycles. The molecule has 0 saturated carbocycles. The molecule has 2 nitrogen and oxygen atoms in total. The topological polar surface area (TPSA) is 37.3 Å². The van der Waals surface area contributed by atoms with Crippen molar-refractivity contribution < 1.29 is 9.90 Å². The molecule has 0 heterocycles. The van der Waals surface area contributed by atoms with Gasteiger partial charge >= 0.3 is 0 Å². The van der Waals surface area contributed by atoms with E-state index in [-0.39, 0.29) is 5.92 Å². The first-order valence-electron chi connectivity index (χ1n) is 3.89. The van der Waals surface area contributed by atoms with Gasteiger partial charge in [0.05, 0.1) is 11.3 Å². The maximum atomic E-state index is 10.6. The molecule has 12 heavy (non-hydrogen) atoms. The first kappa shape index (κ1) is 9.33. The van der Waals surface area contributed by atoms with Gasteiger partial charge in [-0.3, -0.25) is 4.79 Å². The van der Waals surface area contributed by atoms with Gasteiger partial charge in [0.15, 0.2) is 0 Å². The van der Waals surface area contributed by atoms with Crippen LogP contribution >= 0.6 is 11.6 Å². The summed E-state index contributed by atoms with van der Waals surface area (Å²) >= 11 is 5.86. The Morgan fingerprint density at radius 3 is 2.83 bits per heavy atom. The summed E-state index contributed by atoms with van der Waals surface area (Å²) in [5.41, 5.74) is 1.26. The molecule has 1 atom stereocenters. The number of carbonyl (C=O) groups is 1. The molecule has 66 valence electrons. The Labute approximate surface area is 76.5 Å². The van der Waals surface area contributed by atoms with Crippen LogP contribution in [0.15, 0.2) is 22.4 Å². The molecule has 1 unspecified atom stereocenters. The van der Waals surface area contributed by atoms with Crippen molar-refractivity contribution in [2.45, 2.75) is 19.8 Å². The zero-order chi connectivity index (χ0) is 9.14. The van der Waals surface area contributed by atoms with Gasteiger partial charge in [-0.05, 0) is 18.8 Å². The van der Waals surface area contributed by atoms with Crippen LogP contribution in [0, 0.1) is 5.92 Å². The molecule has 0 aromatic rings. The van der Waals surface area contributed by atoms with E-state index in [2.05, 4.69) is 0 Å². The van der Waals surface area contributed by atoms with Crippen molar-refractivity contribution in [3.63, 3.8) is 0 Å². The lowest BCUT2D eigenvalue weighted by Gasteiger charge is -2.20. The predicted octanol–water partition coefficient (Wildman–Crippen LogP) is 2.55. The van der Waals surface area contributed by atoms with Crippen LogP contribution in [0.5, 0.6) is 0 Å². The third-order valence-electron chi connectivity index (χ3n) is 2.20. The van der Waals surface area contributed by atoms with Crippen LogP contribution in [0.4, 0.5) is 0 Å². The van der Waals surface area contributed by atoms with Crippen molar-refractivity contribution >= 4 is 17.9 Å². The summed E-state index contributed by atoms with van der Waals surface area (Å²) in [5.74, 6) is 0.207. The van der Waals surface area contributed by atoms with E-state index in [0.717, 1.165) is 25.4 Å². The highest BCUT2D eigenvalue weighted by atomic mass is 35.5. The van der Waals surface area contributed by atoms with Crippen LogP contribution in [0.2, 0.25) is 0 Å². The molecule has 1 aliphatic carbocycles. The Hall–Kier alpha value is -0.760. The summed E-state index contributed by atoms with van der Waals surface area (Å²) in [4.78, 5) is 10.6. The average molecular weight is 187 g/mol. The maximum Gasteiger partial charge on any atom is 0.147 e. The van der Waals surface area contributed by atoms with E-state index in [9.17, 15) is 4.79 Å². The summed E-state index contributed by atoms with van der Waals surface area (Å²) in [6.07, 6.45) is 3.37. The van der Waals surface area contributed by atoms with Crippen LogP contribution in [0.3, 0.4) is 0 Å². The van der Waals surface area contributed by atoms with Gasteiger partial charge in [0.25, 0.3) is 0 Å². The number of rotatable bonds is 1. The number of aliphatic hydroxyl groups excluding tert-OH is 1. The van der Waals surface area contributed by atoms with Gasteiger partial charge < -0.3 is 5.11 Å². The van der Waals surface area contributed by atoms with E-state index >= 15 is 0 Å². The lowest BCUT2D eigenvalue weighted by molar-refractivity contribution is -0.105. The van der Waals surface area contributed by atoms with E-state index in [0.29, 0.717) is 16.2 Å². The Kier molecular flexibility index (Phi) is 2.93. The third-order valence-corrected chi connectivity index (χ3v) is 2.66. The molecule has 0 bridgehead atoms. The van der Waals surface area contributed by atoms with Gasteiger partial charge in [0.1, 0.15) is 6.29 Å². The highest BCUT2D eigenvalue weighted by Gasteiger charge is 2.21. The second-order valence-corrected chi connectivity index (χ2v) is 3.36. The van der Waals surface area contributed by atoms with Crippen molar-refractivity contribution in [3.05, 3.63) is 22.4 Å². The molecule has 0 aliphatic heterocycles. The first-order valence-corrected chi connectivity index (χ1v) is 4.27. The Morgan fingerprint density at radius 2 is 2.33 bits per heavy atom. The Bertz CT molecular complexity index is 253. The van der Waals surface area contributed by atoms with Crippen molar-refractivity contribution in [2.75, 3.05) is 0 Å². The highest BCUT2D eigenvalue weighted by molar-refractivity contribution is 6.33. The summed E-state index contributed by atoms with van der Waals surface area (Å²) < 4.78 is 0. The van der Waals surface area contributed by atoms with E-state index < -0.39 is 0 Å². The zero-order valence-corrected chi connectivity index (χ0v) is 7.64. The van der Waals surface area contributed by atoms with Gasteiger partial charge in [0.2, 0.25) is 0 Å². The minimum atomic E-state index is 0.207. The Morgan fingerprint density at radius 1 is 1.67 bits per heavy atom. The molecule has 1 rings (SSSR count). The van der Waals surface area contributed by atoms with E-state index in [4.69, 9.17) is 16.7 Å². The number of carbonyl (C=O) groups excluding carboxylic acids is 1. The monoisotopic (exact) mass is 186 g/mol. The molecule has 0 aromatic carbocycles. The van der Waals surface area contributed by atoms with Gasteiger partial charge in [-0.15, -0.1) is 0 Å². The van der Waals surface area contributed by atoms with Gasteiger partial charge in [-0.1, -0.05) is 18.5 Å². The average Bonchev–Trinajstić information content (AvgIpc) is 2.06. The fourth-order valence-electron chi connectivity index (χ4n) is 1.33. The van der Waals surface area contributed by atoms with Crippen LogP contribution in [0.25, 0.3) is 0 Å². The lowest BCUT2D eigenvalue weighted by atomic mass is 9.87. The SMILES string of the molecule is CC1CCC(=CO)C(Cl)=C1C=O. The normalized spacial score (nSPS) is 27.8. The molecule has 0 saturated heterocycles. The van der Waals surface area contributed by atoms with Crippen LogP contribution in [-0.4, -0.2) is 11.4 Å². The number of aldehydes is 1. The van der Waals surface area contributed by atoms with Gasteiger partial charge in [-0.25, -0.2) is 0 Å². The minimum Gasteiger partial charge on any atom is -0.515 e. The second kappa shape index (κ2) is 3.76. The van der Waals surface area contributed by atoms with Gasteiger partial charge in [0, 0.05) is 11.1 Å². The van der Waals surface area contributed by atoms with E-state index in [1.165, 1.54) is 0 Å². The zero-order valence-electron chi connectivity index (χ0n) is 6.88. The van der Waals surface area contributed by atoms with Crippen molar-refractivity contribution in [1.29, 1.82) is 0 Å². The number of allylic oxidation sites excluding steroid dienone is 3. The molecule has 0 amide bonds. The Balaban J connectivity index is 3.07. The summed E-state index contributed by atoms with van der Waals surface area (Å²) in [6, 6.07) is 0. The van der Waals surface area contributed by atoms with E-state index in [1.807, 2.05) is 6.92 Å². The molecule has 1 aliphatic rings. The second-order valence-electron chi connectivity index (χ2n) is 2.98. The fourth-order valence-corrected chi connectivity index (χ4v) is 1.70. The molecule has 1 N–H and O–H groups in total. The summed E-state index contributed by atoms with van der Waals surface area (Å²) in [6.45, 7) is 1.96. The smallest absolute Gasteiger partial charge is 0.147 e. The fraction of sp³-hybridized carbons (Fsp3) is 0.444. The van der Waals surface area contributed by atoms with Crippen LogP contribution in [-0.2, 0) is 4.79 Å². The first-order chi connectivity index (χ1) is 5.70. The van der Waals surface area contributed by atoms with Crippen molar-refractivity contribution in [2.24, 2.45) is 5.92 Å². The molecule has 0 fully saturated rings. The number of aliphatic hydroxyl groups is 1. The molecular formula is C9H11ClO2. The largest absolute Gasteiger partial charge is 0.515 e. The molecule has 3 heteroatoms. The number of hydrogen-bond acceptors (Lipinski definition) is 2. The highest BCUT2D eigenvalue weighted by Crippen LogP contribution is 2.34. The van der Waals surface area contributed by atoms with Crippen LogP contribution < -0.4 is 0 Å². The standard InChI is InChI=1S/C9H11ClO2/c1-6-2-3-7(4-11)9(10)8(6)5-12/h4-6,11H,2-3H2,1H3. The molecule has 0 radical (unpaired) electrons. The van der Waals surface area contributed by atoms with Gasteiger partial charge in [-0.2, -0.15) is 0 Å². The summed E-state index contributed by atoms with van der Waals surface area (Å²) in [5, 5.41) is 9.19. The van der Waals surface area contributed by atoms with Crippen molar-refractivity contribution in [1.82, 2.24) is 0 Å². The maximum absolute atomic E-state index is 10.6. The molecular weight excluding hydrogens is 176 g/mol. The molecule has 0 spiro atoms. The van der Waals surface area contributed by atoms with Crippen LogP contribution in [0.1, 0.15) is 19.8 Å².